The summed E-state index contributed by atoms with van der Waals surface area (Å²) in [7, 11) is 0. The highest BCUT2D eigenvalue weighted by molar-refractivity contribution is 7.80. The molecule has 4 aromatic rings. The lowest BCUT2D eigenvalue weighted by Gasteiger charge is -2.28. The highest BCUT2D eigenvalue weighted by Crippen LogP contribution is 2.44. The van der Waals surface area contributed by atoms with Gasteiger partial charge in [-0.3, -0.25) is 4.98 Å². The van der Waals surface area contributed by atoms with Crippen molar-refractivity contribution >= 4 is 40.3 Å². The van der Waals surface area contributed by atoms with Crippen LogP contribution in [0.1, 0.15) is 48.6 Å². The molecule has 3 heterocycles. The quantitative estimate of drug-likeness (QED) is 0.257. The van der Waals surface area contributed by atoms with Crippen LogP contribution >= 0.6 is 23.8 Å². The van der Waals surface area contributed by atoms with Crippen LogP contribution in [0.2, 0.25) is 5.02 Å². The number of pyridine rings is 1. The summed E-state index contributed by atoms with van der Waals surface area (Å²) in [4.78, 5) is 9.24. The van der Waals surface area contributed by atoms with Gasteiger partial charge in [0.2, 0.25) is 0 Å². The summed E-state index contributed by atoms with van der Waals surface area (Å²) in [5.74, 6) is 0. The highest BCUT2D eigenvalue weighted by atomic mass is 35.5. The molecule has 0 saturated carbocycles. The number of aromatic nitrogens is 2. The summed E-state index contributed by atoms with van der Waals surface area (Å²) in [5, 5.41) is 4.93. The summed E-state index contributed by atoms with van der Waals surface area (Å²) in [6, 6.07) is 24.9. The van der Waals surface area contributed by atoms with Crippen LogP contribution in [0.25, 0.3) is 5.69 Å². The van der Waals surface area contributed by atoms with E-state index in [9.17, 15) is 0 Å². The first-order valence-corrected chi connectivity index (χ1v) is 13.5. The first kappa shape index (κ1) is 25.3. The molecule has 5 rings (SSSR count). The zero-order chi connectivity index (χ0) is 26.1. The van der Waals surface area contributed by atoms with Gasteiger partial charge in [-0.05, 0) is 112 Å². The van der Waals surface area contributed by atoms with Gasteiger partial charge in [0.05, 0.1) is 17.8 Å². The summed E-state index contributed by atoms with van der Waals surface area (Å²) in [6.45, 7) is 10.7. The molecule has 1 aliphatic rings. The van der Waals surface area contributed by atoms with Gasteiger partial charge in [0.25, 0.3) is 0 Å². The molecule has 1 fully saturated rings. The van der Waals surface area contributed by atoms with E-state index in [0.717, 1.165) is 30.2 Å². The highest BCUT2D eigenvalue weighted by Gasteiger charge is 2.42. The number of rotatable bonds is 7. The zero-order valence-electron chi connectivity index (χ0n) is 21.6. The summed E-state index contributed by atoms with van der Waals surface area (Å²) in [5.41, 5.74) is 7.92. The average Bonchev–Trinajstić information content (AvgIpc) is 3.41. The van der Waals surface area contributed by atoms with E-state index in [2.05, 4.69) is 83.8 Å². The fourth-order valence-corrected chi connectivity index (χ4v) is 5.91. The molecule has 2 atom stereocenters. The predicted molar refractivity (Wildman–Crippen MR) is 158 cm³/mol. The van der Waals surface area contributed by atoms with Crippen LogP contribution in [0.4, 0.5) is 11.4 Å². The molecule has 1 N–H and O–H groups in total. The Balaban J connectivity index is 1.61. The second-order valence-electron chi connectivity index (χ2n) is 9.32. The number of aryl methyl sites for hydroxylation is 1. The number of nitrogens with zero attached hydrogens (tertiary/aromatic N) is 4. The Morgan fingerprint density at radius 1 is 0.946 bits per heavy atom. The Bertz CT molecular complexity index is 1380. The number of hydrogen-bond acceptors (Lipinski definition) is 3. The van der Waals surface area contributed by atoms with Gasteiger partial charge in [-0.15, -0.1) is 0 Å². The largest absolute Gasteiger partial charge is 0.372 e. The molecule has 7 heteroatoms. The van der Waals surface area contributed by atoms with Gasteiger partial charge in [-0.1, -0.05) is 17.7 Å². The number of hydrogen-bond donors (Lipinski definition) is 1. The van der Waals surface area contributed by atoms with E-state index in [-0.39, 0.29) is 12.1 Å². The summed E-state index contributed by atoms with van der Waals surface area (Å²) in [6.07, 6.45) is 1.84. The first-order chi connectivity index (χ1) is 17.9. The van der Waals surface area contributed by atoms with Gasteiger partial charge < -0.3 is 19.7 Å². The van der Waals surface area contributed by atoms with E-state index in [0.29, 0.717) is 10.1 Å². The van der Waals surface area contributed by atoms with Crippen molar-refractivity contribution in [3.05, 3.63) is 107 Å². The fourth-order valence-electron chi connectivity index (χ4n) is 5.44. The molecule has 0 bridgehead atoms. The van der Waals surface area contributed by atoms with Gasteiger partial charge in [0.1, 0.15) is 0 Å². The van der Waals surface area contributed by atoms with Crippen molar-refractivity contribution in [2.45, 2.75) is 39.8 Å². The zero-order valence-corrected chi connectivity index (χ0v) is 23.2. The molecule has 0 unspecified atom stereocenters. The van der Waals surface area contributed by atoms with E-state index >= 15 is 0 Å². The molecule has 2 aromatic carbocycles. The molecule has 37 heavy (non-hydrogen) atoms. The third-order valence-corrected chi connectivity index (χ3v) is 7.79. The smallest absolute Gasteiger partial charge is 0.174 e. The monoisotopic (exact) mass is 529 g/mol. The van der Waals surface area contributed by atoms with Gasteiger partial charge in [0.15, 0.2) is 5.11 Å². The number of anilines is 2. The molecule has 2 aromatic heterocycles. The van der Waals surface area contributed by atoms with E-state index in [4.69, 9.17) is 28.8 Å². The SMILES string of the molecule is CCN(CC)c1ccc(-n2c(C)cc([C@@H]3[C@H](c4ccccn4)NC(=S)N3c3ccc(Cl)cc3)c2C)cc1. The lowest BCUT2D eigenvalue weighted by molar-refractivity contribution is 0.565. The molecule has 190 valence electrons. The Kier molecular flexibility index (Phi) is 7.22. The molecular weight excluding hydrogens is 498 g/mol. The molecular formula is C30H32ClN5S. The maximum absolute atomic E-state index is 6.22. The summed E-state index contributed by atoms with van der Waals surface area (Å²) >= 11 is 12.1. The number of nitrogens with one attached hydrogen (secondary N) is 1. The molecule has 0 spiro atoms. The van der Waals surface area contributed by atoms with Crippen molar-refractivity contribution < 1.29 is 0 Å². The van der Waals surface area contributed by atoms with Crippen molar-refractivity contribution in [1.82, 2.24) is 14.9 Å². The maximum Gasteiger partial charge on any atom is 0.174 e. The van der Waals surface area contributed by atoms with Crippen LogP contribution in [-0.4, -0.2) is 27.8 Å². The van der Waals surface area contributed by atoms with Crippen LogP contribution in [0, 0.1) is 13.8 Å². The molecule has 0 radical (unpaired) electrons. The average molecular weight is 530 g/mol. The maximum atomic E-state index is 6.22. The number of thiocarbonyl (C=S) groups is 1. The van der Waals surface area contributed by atoms with Crippen molar-refractivity contribution in [3.8, 4) is 5.69 Å². The number of benzene rings is 2. The van der Waals surface area contributed by atoms with Crippen molar-refractivity contribution in [1.29, 1.82) is 0 Å². The second-order valence-corrected chi connectivity index (χ2v) is 10.1. The van der Waals surface area contributed by atoms with Gasteiger partial charge >= 0.3 is 0 Å². The normalized spacial score (nSPS) is 17.2. The minimum absolute atomic E-state index is 0.0709. The van der Waals surface area contributed by atoms with Crippen LogP contribution in [0.3, 0.4) is 0 Å². The third-order valence-electron chi connectivity index (χ3n) is 7.23. The van der Waals surface area contributed by atoms with E-state index in [1.807, 2.05) is 42.6 Å². The Hall–Kier alpha value is -3.35. The molecule has 1 aliphatic heterocycles. The van der Waals surface area contributed by atoms with Crippen molar-refractivity contribution in [2.75, 3.05) is 22.9 Å². The van der Waals surface area contributed by atoms with E-state index < -0.39 is 0 Å². The molecule has 0 aliphatic carbocycles. The second kappa shape index (κ2) is 10.6. The Morgan fingerprint density at radius 2 is 1.62 bits per heavy atom. The Morgan fingerprint density at radius 3 is 2.24 bits per heavy atom. The first-order valence-electron chi connectivity index (χ1n) is 12.7. The van der Waals surface area contributed by atoms with Gasteiger partial charge in [-0.25, -0.2) is 0 Å². The molecule has 5 nitrogen and oxygen atoms in total. The Labute approximate surface area is 229 Å². The summed E-state index contributed by atoms with van der Waals surface area (Å²) < 4.78 is 2.33. The van der Waals surface area contributed by atoms with Crippen molar-refractivity contribution in [3.63, 3.8) is 0 Å². The number of halogens is 1. The van der Waals surface area contributed by atoms with E-state index in [1.54, 1.807) is 0 Å². The predicted octanol–water partition coefficient (Wildman–Crippen LogP) is 7.17. The molecule has 0 amide bonds. The minimum Gasteiger partial charge on any atom is -0.372 e. The van der Waals surface area contributed by atoms with Crippen LogP contribution < -0.4 is 15.1 Å². The third kappa shape index (κ3) is 4.72. The molecule has 1 saturated heterocycles. The van der Waals surface area contributed by atoms with Gasteiger partial charge in [-0.2, -0.15) is 0 Å². The minimum atomic E-state index is -0.0941. The van der Waals surface area contributed by atoms with Crippen LogP contribution in [-0.2, 0) is 0 Å². The van der Waals surface area contributed by atoms with Crippen LogP contribution in [0.5, 0.6) is 0 Å². The van der Waals surface area contributed by atoms with Crippen LogP contribution in [0.15, 0.2) is 79.0 Å². The van der Waals surface area contributed by atoms with Crippen molar-refractivity contribution in [2.24, 2.45) is 0 Å². The van der Waals surface area contributed by atoms with E-state index in [1.165, 1.54) is 22.6 Å². The topological polar surface area (TPSA) is 36.3 Å². The fraction of sp³-hybridized carbons (Fsp3) is 0.267. The lowest BCUT2D eigenvalue weighted by Crippen LogP contribution is -2.29. The lowest BCUT2D eigenvalue weighted by atomic mass is 9.96. The van der Waals surface area contributed by atoms with Gasteiger partial charge in [0, 0.05) is 52.8 Å². The standard InChI is InChI=1S/C30H32ClN5S/c1-5-34(6-2)23-14-16-24(17-15-23)35-20(3)19-26(21(35)4)29-28(27-9-7-8-18-32-27)33-30(37)36(29)25-12-10-22(31)11-13-25/h7-19,28-29H,5-6H2,1-4H3,(H,33,37)/t28-,29+/m0/s1.